The second-order valence-corrected chi connectivity index (χ2v) is 34.9. The first-order valence-corrected chi connectivity index (χ1v) is 36.2. The van der Waals surface area contributed by atoms with Crippen molar-refractivity contribution in [2.24, 2.45) is 0 Å². The highest BCUT2D eigenvalue weighted by Crippen LogP contribution is 2.66. The van der Waals surface area contributed by atoms with Gasteiger partial charge in [-0.2, -0.15) is 0 Å². The molecule has 2 aliphatic heterocycles. The van der Waals surface area contributed by atoms with Crippen LogP contribution in [0.25, 0.3) is 97.5 Å². The van der Waals surface area contributed by atoms with Crippen LogP contribution in [0.5, 0.6) is 0 Å². The summed E-state index contributed by atoms with van der Waals surface area (Å²) in [7, 11) is -4.64. The molecule has 0 unspecified atom stereocenters. The summed E-state index contributed by atoms with van der Waals surface area (Å²) in [5.41, 5.74) is 15.0. The maximum atomic E-state index is 7.09. The van der Waals surface area contributed by atoms with Crippen LogP contribution in [-0.2, 0) is 10.8 Å². The summed E-state index contributed by atoms with van der Waals surface area (Å²) in [5.74, 6) is 0. The predicted molar refractivity (Wildman–Crippen MR) is 349 cm³/mol. The summed E-state index contributed by atoms with van der Waals surface area (Å²) in [6.45, 7) is 10.3. The Balaban J connectivity index is 1.04. The van der Waals surface area contributed by atoms with Crippen LogP contribution in [-0.4, -0.2) is 25.3 Å². The fourth-order valence-electron chi connectivity index (χ4n) is 16.3. The first-order valence-electron chi connectivity index (χ1n) is 28.6. The van der Waals surface area contributed by atoms with Crippen molar-refractivity contribution in [3.8, 4) is 10.0 Å². The van der Waals surface area contributed by atoms with Crippen LogP contribution in [0.2, 0.25) is 26.2 Å². The molecule has 3 aliphatic rings. The van der Waals surface area contributed by atoms with Gasteiger partial charge in [0, 0.05) is 52.8 Å². The molecule has 1 aliphatic carbocycles. The molecule has 0 saturated carbocycles. The summed E-state index contributed by atoms with van der Waals surface area (Å²) >= 11 is 4.00. The minimum atomic E-state index is -2.32. The summed E-state index contributed by atoms with van der Waals surface area (Å²) in [4.78, 5) is 2.75. The smallest absolute Gasteiger partial charge is 0.160 e. The number of para-hydroxylation sites is 4. The van der Waals surface area contributed by atoms with E-state index in [9.17, 15) is 0 Å². The molecule has 10 aromatic carbocycles. The average molecular weight is 1120 g/mol. The molecule has 4 nitrogen and oxygen atoms in total. The van der Waals surface area contributed by atoms with Gasteiger partial charge in [0.2, 0.25) is 0 Å². The fourth-order valence-corrected chi connectivity index (χ4v) is 25.7. The topological polar surface area (TPSA) is 36.1 Å². The van der Waals surface area contributed by atoms with E-state index in [2.05, 4.69) is 266 Å². The molecular formula is C74H50N2O2S2Si2. The summed E-state index contributed by atoms with van der Waals surface area (Å²) in [5, 5.41) is 17.7. The molecule has 6 aromatic heterocycles. The monoisotopic (exact) mass is 1120 g/mol. The quantitative estimate of drug-likeness (QED) is 0.162. The van der Waals surface area contributed by atoms with E-state index in [1.165, 1.54) is 106 Å². The molecule has 0 N–H and O–H groups in total. The molecule has 19 rings (SSSR count). The number of thiophene rings is 2. The van der Waals surface area contributed by atoms with Gasteiger partial charge >= 0.3 is 0 Å². The normalized spacial score (nSPS) is 16.0. The molecule has 0 radical (unpaired) electrons. The zero-order valence-electron chi connectivity index (χ0n) is 45.5. The highest BCUT2D eigenvalue weighted by atomic mass is 32.1. The van der Waals surface area contributed by atoms with Crippen molar-refractivity contribution in [2.75, 3.05) is 0 Å². The number of aromatic nitrogens is 2. The van der Waals surface area contributed by atoms with Crippen LogP contribution < -0.4 is 20.7 Å². The Bertz CT molecular complexity index is 5030. The van der Waals surface area contributed by atoms with Gasteiger partial charge in [-0.05, 0) is 103 Å². The molecule has 2 spiro atoms. The molecular weight excluding hydrogens is 1070 g/mol. The molecule has 16 aromatic rings. The zero-order chi connectivity index (χ0) is 54.2. The van der Waals surface area contributed by atoms with Gasteiger partial charge < -0.3 is 8.83 Å². The van der Waals surface area contributed by atoms with Crippen molar-refractivity contribution in [1.82, 2.24) is 9.13 Å². The van der Waals surface area contributed by atoms with Gasteiger partial charge in [-0.1, -0.05) is 208 Å². The summed E-state index contributed by atoms with van der Waals surface area (Å²) in [6, 6.07) is 88.1. The molecule has 0 saturated heterocycles. The van der Waals surface area contributed by atoms with E-state index >= 15 is 0 Å². The number of hydrogen-bond acceptors (Lipinski definition) is 4. The predicted octanol–water partition coefficient (Wildman–Crippen LogP) is 17.2. The number of hydrogen-bond donors (Lipinski definition) is 0. The van der Waals surface area contributed by atoms with Crippen LogP contribution >= 0.6 is 22.7 Å². The van der Waals surface area contributed by atoms with Crippen LogP contribution in [0.15, 0.2) is 239 Å². The minimum absolute atomic E-state index is 0.724. The second-order valence-electron chi connectivity index (χ2n) is 24.2. The average Bonchev–Trinajstić information content (AvgIpc) is 2.25. The number of rotatable bonds is 2. The maximum Gasteiger partial charge on any atom is 0.160 e. The third-order valence-electron chi connectivity index (χ3n) is 19.7. The van der Waals surface area contributed by atoms with E-state index in [1.807, 2.05) is 22.7 Å². The van der Waals surface area contributed by atoms with Crippen molar-refractivity contribution in [1.29, 1.82) is 0 Å². The highest BCUT2D eigenvalue weighted by Gasteiger charge is 2.62. The number of furan rings is 2. The second kappa shape index (κ2) is 15.6. The first kappa shape index (κ1) is 45.9. The van der Waals surface area contributed by atoms with Gasteiger partial charge in [0.1, 0.15) is 37.3 Å². The Kier molecular flexibility index (Phi) is 8.74. The lowest BCUT2D eigenvalue weighted by Gasteiger charge is -2.54. The Hall–Kier alpha value is -8.77. The third-order valence-corrected chi connectivity index (χ3v) is 29.4. The maximum absolute atomic E-state index is 7.09. The van der Waals surface area contributed by atoms with E-state index < -0.39 is 27.0 Å². The van der Waals surface area contributed by atoms with Crippen molar-refractivity contribution in [3.05, 3.63) is 274 Å². The molecule has 0 atom stereocenters. The van der Waals surface area contributed by atoms with Crippen LogP contribution in [0.1, 0.15) is 43.1 Å². The standard InChI is InChI=1S/C74H50N2O2S2Si2/c1-81(2)61-33-17-9-25-51(61)73(52-26-10-18-34-62(52)81)55-41-65(75-57-29-13-5-21-43(57)47-37-39-49-45-23-7-15-31-59(45)77-69(49)67(47)75)80-72(55)74(53-27-11-19-35-63(53)82(3,4)64-36-20-12-28-54(64)74)56-42-66(79-71(56)73)76-58-30-14-6-22-44(58)48-38-40-50-46-24-8-16-32-60(46)78-70(50)68(48)76/h5-42H,1-4H3. The van der Waals surface area contributed by atoms with Gasteiger partial charge in [-0.15, -0.1) is 22.7 Å². The number of fused-ring (bicyclic) bond motifs is 28. The zero-order valence-corrected chi connectivity index (χ0v) is 49.1. The Morgan fingerprint density at radius 1 is 0.317 bits per heavy atom. The van der Waals surface area contributed by atoms with Crippen molar-refractivity contribution < 1.29 is 8.83 Å². The van der Waals surface area contributed by atoms with Crippen molar-refractivity contribution >= 4 is 147 Å². The van der Waals surface area contributed by atoms with Crippen molar-refractivity contribution in [2.45, 2.75) is 37.0 Å². The first-order chi connectivity index (χ1) is 40.2. The van der Waals surface area contributed by atoms with Gasteiger partial charge in [0.15, 0.2) is 11.2 Å². The third kappa shape index (κ3) is 5.31. The van der Waals surface area contributed by atoms with Crippen molar-refractivity contribution in [3.63, 3.8) is 0 Å². The van der Waals surface area contributed by atoms with Gasteiger partial charge in [0.05, 0.1) is 32.9 Å². The lowest BCUT2D eigenvalue weighted by molar-refractivity contribution is 0.646. The van der Waals surface area contributed by atoms with E-state index in [1.54, 1.807) is 0 Å². The summed E-state index contributed by atoms with van der Waals surface area (Å²) < 4.78 is 19.3. The Morgan fingerprint density at radius 2 is 0.634 bits per heavy atom. The largest absolute Gasteiger partial charge is 0.454 e. The SMILES string of the molecule is C[Si]1(C)c2ccccc2C2(c3ccccc31)c1cc(-n3c4ccccc4c4ccc5c6ccccc6oc5c43)sc1C1(c3ccccc3[Si](C)(C)c3ccccc31)c1cc(-n3c4ccccc4c4ccc5c6ccccc6oc5c43)sc12. The summed E-state index contributed by atoms with van der Waals surface area (Å²) in [6.07, 6.45) is 0. The lowest BCUT2D eigenvalue weighted by Crippen LogP contribution is -2.66. The molecule has 8 heteroatoms. The van der Waals surface area contributed by atoms with Crippen LogP contribution in [0.3, 0.4) is 0 Å². The Labute approximate surface area is 482 Å². The van der Waals surface area contributed by atoms with Gasteiger partial charge in [-0.25, -0.2) is 0 Å². The molecule has 388 valence electrons. The molecule has 0 bridgehead atoms. The highest BCUT2D eigenvalue weighted by molar-refractivity contribution is 7.16. The van der Waals surface area contributed by atoms with E-state index in [0.29, 0.717) is 0 Å². The molecule has 8 heterocycles. The molecule has 82 heavy (non-hydrogen) atoms. The van der Waals surface area contributed by atoms with Crippen LogP contribution in [0, 0.1) is 0 Å². The molecule has 0 amide bonds. The number of nitrogens with zero attached hydrogens (tertiary/aromatic N) is 2. The van der Waals surface area contributed by atoms with Crippen LogP contribution in [0.4, 0.5) is 0 Å². The van der Waals surface area contributed by atoms with E-state index in [4.69, 9.17) is 8.83 Å². The number of benzene rings is 10. The Morgan fingerprint density at radius 3 is 1.02 bits per heavy atom. The van der Waals surface area contributed by atoms with Gasteiger partial charge in [-0.3, -0.25) is 9.13 Å². The van der Waals surface area contributed by atoms with E-state index in [-0.39, 0.29) is 0 Å². The minimum Gasteiger partial charge on any atom is -0.454 e. The lowest BCUT2D eigenvalue weighted by atomic mass is 9.55. The van der Waals surface area contributed by atoms with E-state index in [0.717, 1.165) is 54.9 Å². The fraction of sp³-hybridized carbons (Fsp3) is 0.0811. The van der Waals surface area contributed by atoms with Gasteiger partial charge in [0.25, 0.3) is 0 Å². The molecule has 0 fully saturated rings.